The number of aromatic nitrogens is 2. The Morgan fingerprint density at radius 2 is 2.08 bits per heavy atom. The summed E-state index contributed by atoms with van der Waals surface area (Å²) >= 11 is 1.67. The van der Waals surface area contributed by atoms with Crippen LogP contribution in [-0.2, 0) is 11.3 Å². The summed E-state index contributed by atoms with van der Waals surface area (Å²) in [6.45, 7) is 0.593. The van der Waals surface area contributed by atoms with Gasteiger partial charge >= 0.3 is 0 Å². The molecule has 0 aliphatic rings. The van der Waals surface area contributed by atoms with E-state index in [1.807, 2.05) is 31.6 Å². The highest BCUT2D eigenvalue weighted by atomic mass is 32.1. The zero-order valence-corrected chi connectivity index (χ0v) is 15.0. The lowest BCUT2D eigenvalue weighted by Gasteiger charge is -2.23. The number of carbonyl (C=O) groups excluding carboxylic acids is 1. The minimum Gasteiger partial charge on any atom is -0.353 e. The lowest BCUT2D eigenvalue weighted by Crippen LogP contribution is -2.36. The molecule has 3 aromatic rings. The lowest BCUT2D eigenvalue weighted by molar-refractivity contribution is -0.122. The Kier molecular flexibility index (Phi) is 5.25. The molecule has 0 saturated carbocycles. The molecule has 6 nitrogen and oxygen atoms in total. The number of hydrogen-bond acceptors (Lipinski definition) is 5. The number of amides is 1. The number of nitrogens with one attached hydrogen (secondary N) is 1. The molecule has 0 aliphatic carbocycles. The third-order valence-corrected chi connectivity index (χ3v) is 5.02. The fourth-order valence-corrected chi connectivity index (χ4v) is 3.63. The van der Waals surface area contributed by atoms with E-state index in [-0.39, 0.29) is 23.9 Å². The van der Waals surface area contributed by atoms with Gasteiger partial charge in [0.25, 0.3) is 0 Å². The molecule has 0 unspecified atom stereocenters. The van der Waals surface area contributed by atoms with Gasteiger partial charge in [-0.1, -0.05) is 18.2 Å². The molecule has 2 aromatic heterocycles. The molecule has 130 valence electrons. The van der Waals surface area contributed by atoms with Gasteiger partial charge in [-0.3, -0.25) is 14.3 Å². The van der Waals surface area contributed by atoms with Crippen LogP contribution < -0.4 is 10.7 Å². The number of thiophene rings is 1. The van der Waals surface area contributed by atoms with Gasteiger partial charge < -0.3 is 10.2 Å². The van der Waals surface area contributed by atoms with Crippen molar-refractivity contribution in [2.24, 2.45) is 0 Å². The zero-order chi connectivity index (χ0) is 17.8. The molecule has 7 heteroatoms. The quantitative estimate of drug-likeness (QED) is 0.732. The van der Waals surface area contributed by atoms with E-state index in [0.717, 1.165) is 0 Å². The first kappa shape index (κ1) is 17.3. The molecule has 0 fully saturated rings. The number of likely N-dealkylation sites (N-methyl/N-ethyl adjacent to an activating group) is 1. The number of benzene rings is 1. The van der Waals surface area contributed by atoms with Crippen LogP contribution in [0.5, 0.6) is 0 Å². The first-order valence-corrected chi connectivity index (χ1v) is 8.85. The van der Waals surface area contributed by atoms with Crippen LogP contribution in [0.25, 0.3) is 10.9 Å². The highest BCUT2D eigenvalue weighted by molar-refractivity contribution is 7.10. The number of fused-ring (bicyclic) bond motifs is 1. The van der Waals surface area contributed by atoms with Crippen molar-refractivity contribution in [2.75, 3.05) is 20.6 Å². The molecule has 1 atom stereocenters. The maximum absolute atomic E-state index is 12.4. The van der Waals surface area contributed by atoms with Crippen molar-refractivity contribution < 1.29 is 4.79 Å². The molecule has 3 rings (SSSR count). The van der Waals surface area contributed by atoms with Crippen LogP contribution in [0, 0.1) is 0 Å². The van der Waals surface area contributed by atoms with Crippen LogP contribution >= 0.6 is 11.3 Å². The summed E-state index contributed by atoms with van der Waals surface area (Å²) in [6.07, 6.45) is 1.25. The van der Waals surface area contributed by atoms with Gasteiger partial charge in [0, 0.05) is 16.8 Å². The SMILES string of the molecule is CN(C)[C@H](CNC(=O)Cn1ncc(=O)c2ccccc21)c1cccs1. The van der Waals surface area contributed by atoms with Crippen LogP contribution in [0.1, 0.15) is 10.9 Å². The second-order valence-corrected chi connectivity index (χ2v) is 6.96. The van der Waals surface area contributed by atoms with E-state index in [2.05, 4.69) is 21.4 Å². The second kappa shape index (κ2) is 7.58. The summed E-state index contributed by atoms with van der Waals surface area (Å²) in [4.78, 5) is 27.5. The van der Waals surface area contributed by atoms with Gasteiger partial charge in [-0.2, -0.15) is 5.10 Å². The maximum atomic E-state index is 12.4. The van der Waals surface area contributed by atoms with Gasteiger partial charge in [0.1, 0.15) is 6.54 Å². The van der Waals surface area contributed by atoms with Crippen molar-refractivity contribution in [1.82, 2.24) is 20.0 Å². The normalized spacial score (nSPS) is 12.4. The zero-order valence-electron chi connectivity index (χ0n) is 14.2. The molecule has 0 aliphatic heterocycles. The predicted octanol–water partition coefficient (Wildman–Crippen LogP) is 1.88. The molecule has 1 aromatic carbocycles. The topological polar surface area (TPSA) is 67.2 Å². The van der Waals surface area contributed by atoms with E-state index in [9.17, 15) is 9.59 Å². The monoisotopic (exact) mass is 356 g/mol. The van der Waals surface area contributed by atoms with Crippen molar-refractivity contribution in [2.45, 2.75) is 12.6 Å². The summed E-state index contributed by atoms with van der Waals surface area (Å²) in [5.74, 6) is -0.135. The molecule has 2 heterocycles. The maximum Gasteiger partial charge on any atom is 0.241 e. The van der Waals surface area contributed by atoms with E-state index in [1.165, 1.54) is 11.1 Å². The van der Waals surface area contributed by atoms with E-state index in [4.69, 9.17) is 0 Å². The fraction of sp³-hybridized carbons (Fsp3) is 0.278. The van der Waals surface area contributed by atoms with Crippen molar-refractivity contribution in [3.8, 4) is 0 Å². The molecular weight excluding hydrogens is 336 g/mol. The van der Waals surface area contributed by atoms with Gasteiger partial charge in [-0.05, 0) is 37.7 Å². The molecule has 0 radical (unpaired) electrons. The first-order chi connectivity index (χ1) is 12.1. The number of carbonyl (C=O) groups is 1. The highest BCUT2D eigenvalue weighted by Crippen LogP contribution is 2.22. The molecular formula is C18H20N4O2S. The number of hydrogen-bond donors (Lipinski definition) is 1. The van der Waals surface area contributed by atoms with Gasteiger partial charge in [0.15, 0.2) is 0 Å². The molecule has 0 bridgehead atoms. The second-order valence-electron chi connectivity index (χ2n) is 5.98. The van der Waals surface area contributed by atoms with Gasteiger partial charge in [0.05, 0.1) is 17.8 Å². The smallest absolute Gasteiger partial charge is 0.241 e. The average Bonchev–Trinajstić information content (AvgIpc) is 3.12. The third kappa shape index (κ3) is 3.94. The summed E-state index contributed by atoms with van der Waals surface area (Å²) in [6, 6.07) is 11.4. The Morgan fingerprint density at radius 1 is 1.28 bits per heavy atom. The van der Waals surface area contributed by atoms with Gasteiger partial charge in [0.2, 0.25) is 11.3 Å². The van der Waals surface area contributed by atoms with Crippen LogP contribution in [0.3, 0.4) is 0 Å². The van der Waals surface area contributed by atoms with Gasteiger partial charge in [-0.25, -0.2) is 0 Å². The van der Waals surface area contributed by atoms with Crippen molar-refractivity contribution in [3.63, 3.8) is 0 Å². The summed E-state index contributed by atoms with van der Waals surface area (Å²) < 4.78 is 1.56. The third-order valence-electron chi connectivity index (χ3n) is 4.04. The van der Waals surface area contributed by atoms with Crippen molar-refractivity contribution >= 4 is 28.1 Å². The fourth-order valence-electron chi connectivity index (χ4n) is 2.71. The van der Waals surface area contributed by atoms with Crippen molar-refractivity contribution in [3.05, 3.63) is 63.1 Å². The standard InChI is InChI=1S/C18H20N4O2S/c1-21(2)15(17-8-5-9-25-17)10-19-18(24)12-22-14-7-4-3-6-13(14)16(23)11-20-22/h3-9,11,15H,10,12H2,1-2H3,(H,19,24)/t15-/m1/s1. The van der Waals surface area contributed by atoms with Crippen LogP contribution in [0.2, 0.25) is 0 Å². The van der Waals surface area contributed by atoms with E-state index < -0.39 is 0 Å². The predicted molar refractivity (Wildman–Crippen MR) is 99.8 cm³/mol. The number of nitrogens with zero attached hydrogens (tertiary/aromatic N) is 3. The lowest BCUT2D eigenvalue weighted by atomic mass is 10.2. The first-order valence-electron chi connectivity index (χ1n) is 7.97. The van der Waals surface area contributed by atoms with Crippen molar-refractivity contribution in [1.29, 1.82) is 0 Å². The Hall–Kier alpha value is -2.51. The number of rotatable bonds is 6. The molecule has 1 N–H and O–H groups in total. The van der Waals surface area contributed by atoms with E-state index in [0.29, 0.717) is 17.4 Å². The van der Waals surface area contributed by atoms with Crippen LogP contribution in [0.4, 0.5) is 0 Å². The minimum absolute atomic E-state index is 0.0748. The summed E-state index contributed by atoms with van der Waals surface area (Å²) in [5.41, 5.74) is 0.519. The Balaban J connectivity index is 1.71. The van der Waals surface area contributed by atoms with E-state index in [1.54, 1.807) is 34.2 Å². The average molecular weight is 356 g/mol. The van der Waals surface area contributed by atoms with Crippen LogP contribution in [-0.4, -0.2) is 41.2 Å². The molecule has 0 saturated heterocycles. The summed E-state index contributed by atoms with van der Waals surface area (Å²) in [5, 5.41) is 9.66. The highest BCUT2D eigenvalue weighted by Gasteiger charge is 2.16. The molecule has 0 spiro atoms. The van der Waals surface area contributed by atoms with E-state index >= 15 is 0 Å². The Bertz CT molecular complexity index is 918. The molecule has 25 heavy (non-hydrogen) atoms. The van der Waals surface area contributed by atoms with Gasteiger partial charge in [-0.15, -0.1) is 11.3 Å². The largest absolute Gasteiger partial charge is 0.353 e. The Morgan fingerprint density at radius 3 is 2.80 bits per heavy atom. The molecule has 1 amide bonds. The summed E-state index contributed by atoms with van der Waals surface area (Å²) in [7, 11) is 3.99. The Labute approximate surface area is 149 Å². The minimum atomic E-state index is -0.141. The van der Waals surface area contributed by atoms with Crippen LogP contribution in [0.15, 0.2) is 52.8 Å². The number of para-hydroxylation sites is 1.